The fraction of sp³-hybridized carbons (Fsp3) is 0.467. The number of phenols is 1. The van der Waals surface area contributed by atoms with Gasteiger partial charge in [-0.3, -0.25) is 0 Å². The van der Waals surface area contributed by atoms with Gasteiger partial charge in [0, 0.05) is 22.9 Å². The smallest absolute Gasteiger partial charge is 0.124 e. The molecule has 0 aliphatic heterocycles. The van der Waals surface area contributed by atoms with Crippen LogP contribution < -0.4 is 0 Å². The van der Waals surface area contributed by atoms with E-state index in [0.717, 1.165) is 16.7 Å². The van der Waals surface area contributed by atoms with Gasteiger partial charge >= 0.3 is 0 Å². The lowest BCUT2D eigenvalue weighted by Gasteiger charge is -2.15. The van der Waals surface area contributed by atoms with Crippen molar-refractivity contribution < 1.29 is 5.11 Å². The number of rotatable bonds is 4. The second-order valence-corrected chi connectivity index (χ2v) is 6.73. The largest absolute Gasteiger partial charge is 0.507 e. The Balaban J connectivity index is 2.51. The molecule has 1 aromatic carbocycles. The van der Waals surface area contributed by atoms with Crippen LogP contribution in [0.3, 0.4) is 0 Å². The summed E-state index contributed by atoms with van der Waals surface area (Å²) in [6.45, 7) is 8.80. The van der Waals surface area contributed by atoms with Gasteiger partial charge in [-0.05, 0) is 37.3 Å². The maximum Gasteiger partial charge on any atom is 0.124 e. The molecule has 1 N–H and O–H groups in total. The van der Waals surface area contributed by atoms with Gasteiger partial charge in [0.05, 0.1) is 5.52 Å². The van der Waals surface area contributed by atoms with E-state index < -0.39 is 0 Å². The van der Waals surface area contributed by atoms with Gasteiger partial charge in [-0.1, -0.05) is 19.9 Å². The molecule has 1 aromatic heterocycles. The average Bonchev–Trinajstić information content (AvgIpc) is 2.66. The van der Waals surface area contributed by atoms with Crippen LogP contribution in [0, 0.1) is 0 Å². The molecule has 0 radical (unpaired) electrons. The third-order valence-electron chi connectivity index (χ3n) is 3.02. The molecule has 0 spiro atoms. The number of benzene rings is 1. The van der Waals surface area contributed by atoms with Crippen LogP contribution in [-0.4, -0.2) is 14.9 Å². The molecule has 3 heteroatoms. The molecule has 1 heterocycles. The van der Waals surface area contributed by atoms with Gasteiger partial charge in [-0.2, -0.15) is 11.8 Å². The monoisotopic (exact) mass is 263 g/mol. The number of nitrogens with zero attached hydrogens (tertiary/aromatic N) is 1. The van der Waals surface area contributed by atoms with Crippen molar-refractivity contribution >= 4 is 22.7 Å². The standard InChI is InChI=1S/C15H21NOS/c1-10(2)16-12(9-18-11(3)4)8-13-14(16)6-5-7-15(13)17/h5-8,10-11,17H,9H2,1-4H3. The fourth-order valence-corrected chi connectivity index (χ4v) is 2.99. The van der Waals surface area contributed by atoms with Crippen LogP contribution in [0.2, 0.25) is 0 Å². The van der Waals surface area contributed by atoms with E-state index in [9.17, 15) is 5.11 Å². The zero-order valence-electron chi connectivity index (χ0n) is 11.5. The first-order valence-corrected chi connectivity index (χ1v) is 7.49. The van der Waals surface area contributed by atoms with Crippen LogP contribution >= 0.6 is 11.8 Å². The second-order valence-electron chi connectivity index (χ2n) is 5.17. The summed E-state index contributed by atoms with van der Waals surface area (Å²) in [5.41, 5.74) is 2.42. The van der Waals surface area contributed by atoms with Crippen molar-refractivity contribution in [3.63, 3.8) is 0 Å². The summed E-state index contributed by atoms with van der Waals surface area (Å²) < 4.78 is 2.32. The summed E-state index contributed by atoms with van der Waals surface area (Å²) in [5.74, 6) is 1.37. The van der Waals surface area contributed by atoms with E-state index in [-0.39, 0.29) is 0 Å². The van der Waals surface area contributed by atoms with Gasteiger partial charge in [0.2, 0.25) is 0 Å². The number of aromatic nitrogens is 1. The van der Waals surface area contributed by atoms with Crippen molar-refractivity contribution in [1.82, 2.24) is 4.57 Å². The van der Waals surface area contributed by atoms with Crippen LogP contribution in [0.15, 0.2) is 24.3 Å². The van der Waals surface area contributed by atoms with E-state index in [1.165, 1.54) is 5.69 Å². The summed E-state index contributed by atoms with van der Waals surface area (Å²) in [6, 6.07) is 8.29. The van der Waals surface area contributed by atoms with Gasteiger partial charge < -0.3 is 9.67 Å². The molecule has 0 unspecified atom stereocenters. The first kappa shape index (κ1) is 13.3. The van der Waals surface area contributed by atoms with Gasteiger partial charge in [-0.15, -0.1) is 0 Å². The van der Waals surface area contributed by atoms with Crippen LogP contribution in [-0.2, 0) is 5.75 Å². The zero-order chi connectivity index (χ0) is 13.3. The predicted octanol–water partition coefficient (Wildman–Crippen LogP) is 4.57. The Kier molecular flexibility index (Phi) is 3.91. The van der Waals surface area contributed by atoms with E-state index in [1.54, 1.807) is 6.07 Å². The van der Waals surface area contributed by atoms with Crippen molar-refractivity contribution in [1.29, 1.82) is 0 Å². The van der Waals surface area contributed by atoms with Crippen molar-refractivity contribution in [2.45, 2.75) is 44.7 Å². The van der Waals surface area contributed by atoms with E-state index in [2.05, 4.69) is 44.4 Å². The maximum absolute atomic E-state index is 9.95. The van der Waals surface area contributed by atoms with E-state index in [4.69, 9.17) is 0 Å². The first-order valence-electron chi connectivity index (χ1n) is 6.44. The highest BCUT2D eigenvalue weighted by atomic mass is 32.2. The molecule has 98 valence electrons. The molecule has 0 aliphatic carbocycles. The predicted molar refractivity (Wildman–Crippen MR) is 80.4 cm³/mol. The number of aromatic hydroxyl groups is 1. The lowest BCUT2D eigenvalue weighted by molar-refractivity contribution is 0.481. The third kappa shape index (κ3) is 2.51. The maximum atomic E-state index is 9.95. The first-order chi connectivity index (χ1) is 8.50. The van der Waals surface area contributed by atoms with Crippen molar-refractivity contribution in [3.05, 3.63) is 30.0 Å². The van der Waals surface area contributed by atoms with E-state index in [0.29, 0.717) is 17.0 Å². The number of fused-ring (bicyclic) bond motifs is 1. The number of thioether (sulfide) groups is 1. The molecule has 0 fully saturated rings. The minimum Gasteiger partial charge on any atom is -0.507 e. The quantitative estimate of drug-likeness (QED) is 0.874. The number of hydrogen-bond acceptors (Lipinski definition) is 2. The Morgan fingerprint density at radius 2 is 1.94 bits per heavy atom. The number of phenolic OH excluding ortho intramolecular Hbond substituents is 1. The SMILES string of the molecule is CC(C)SCc1cc2c(O)cccc2n1C(C)C. The van der Waals surface area contributed by atoms with Gasteiger partial charge in [0.15, 0.2) is 0 Å². The molecule has 18 heavy (non-hydrogen) atoms. The molecular formula is C15H21NOS. The molecule has 0 atom stereocenters. The van der Waals surface area contributed by atoms with Gasteiger partial charge in [-0.25, -0.2) is 0 Å². The minimum atomic E-state index is 0.377. The van der Waals surface area contributed by atoms with Crippen LogP contribution in [0.1, 0.15) is 39.4 Å². The van der Waals surface area contributed by atoms with Crippen molar-refractivity contribution in [2.24, 2.45) is 0 Å². The van der Waals surface area contributed by atoms with Gasteiger partial charge in [0.25, 0.3) is 0 Å². The topological polar surface area (TPSA) is 25.2 Å². The molecular weight excluding hydrogens is 242 g/mol. The second kappa shape index (κ2) is 5.27. The Hall–Kier alpha value is -1.09. The molecule has 2 aromatic rings. The van der Waals surface area contributed by atoms with Crippen LogP contribution in [0.25, 0.3) is 10.9 Å². The summed E-state index contributed by atoms with van der Waals surface area (Å²) in [5, 5.41) is 11.5. The Morgan fingerprint density at radius 1 is 1.22 bits per heavy atom. The van der Waals surface area contributed by atoms with Crippen LogP contribution in [0.5, 0.6) is 5.75 Å². The lowest BCUT2D eigenvalue weighted by atomic mass is 10.2. The highest BCUT2D eigenvalue weighted by molar-refractivity contribution is 7.99. The molecule has 0 amide bonds. The summed E-state index contributed by atoms with van der Waals surface area (Å²) in [7, 11) is 0. The Morgan fingerprint density at radius 3 is 2.56 bits per heavy atom. The van der Waals surface area contributed by atoms with Crippen molar-refractivity contribution in [2.75, 3.05) is 0 Å². The molecule has 2 nitrogen and oxygen atoms in total. The molecule has 2 rings (SSSR count). The highest BCUT2D eigenvalue weighted by Gasteiger charge is 2.13. The minimum absolute atomic E-state index is 0.377. The summed E-state index contributed by atoms with van der Waals surface area (Å²) >= 11 is 1.93. The molecule has 0 aliphatic rings. The fourth-order valence-electron chi connectivity index (χ4n) is 2.26. The average molecular weight is 263 g/mol. The Labute approximate surface area is 113 Å². The van der Waals surface area contributed by atoms with Crippen LogP contribution in [0.4, 0.5) is 0 Å². The van der Waals surface area contributed by atoms with E-state index in [1.807, 2.05) is 17.8 Å². The molecule has 0 saturated heterocycles. The molecule has 0 bridgehead atoms. The van der Waals surface area contributed by atoms with E-state index >= 15 is 0 Å². The highest BCUT2D eigenvalue weighted by Crippen LogP contribution is 2.32. The summed E-state index contributed by atoms with van der Waals surface area (Å²) in [4.78, 5) is 0. The van der Waals surface area contributed by atoms with Crippen molar-refractivity contribution in [3.8, 4) is 5.75 Å². The number of hydrogen-bond donors (Lipinski definition) is 1. The lowest BCUT2D eigenvalue weighted by Crippen LogP contribution is -2.05. The normalized spacial score (nSPS) is 11.9. The molecule has 0 saturated carbocycles. The third-order valence-corrected chi connectivity index (χ3v) is 4.15. The zero-order valence-corrected chi connectivity index (χ0v) is 12.3. The van der Waals surface area contributed by atoms with Gasteiger partial charge in [0.1, 0.15) is 5.75 Å². The Bertz CT molecular complexity index is 543. The summed E-state index contributed by atoms with van der Waals surface area (Å²) in [6.07, 6.45) is 0.